The van der Waals surface area contributed by atoms with Crippen molar-refractivity contribution < 1.29 is 14.2 Å². The normalized spacial score (nSPS) is 16.8. The van der Waals surface area contributed by atoms with Crippen LogP contribution in [0.2, 0.25) is 0 Å². The Balaban J connectivity index is 1.68. The van der Waals surface area contributed by atoms with Gasteiger partial charge in [-0.05, 0) is 45.1 Å². The highest BCUT2D eigenvalue weighted by atomic mass is 16.5. The van der Waals surface area contributed by atoms with Gasteiger partial charge in [-0.1, -0.05) is 17.7 Å². The second-order valence-corrected chi connectivity index (χ2v) is 7.09. The van der Waals surface area contributed by atoms with Crippen LogP contribution >= 0.6 is 0 Å². The van der Waals surface area contributed by atoms with E-state index in [1.54, 1.807) is 14.2 Å². The molecular formula is C21H35N3O3. The van der Waals surface area contributed by atoms with E-state index in [1.807, 2.05) is 6.07 Å². The van der Waals surface area contributed by atoms with E-state index in [4.69, 9.17) is 14.2 Å². The number of nitrogens with zero attached hydrogens (tertiary/aromatic N) is 1. The van der Waals surface area contributed by atoms with Gasteiger partial charge in [-0.25, -0.2) is 0 Å². The van der Waals surface area contributed by atoms with Crippen LogP contribution in [-0.2, 0) is 9.47 Å². The van der Waals surface area contributed by atoms with Crippen LogP contribution in [0, 0.1) is 12.8 Å². The molecule has 6 nitrogen and oxygen atoms in total. The molecule has 2 N–H and O–H groups in total. The first-order valence-corrected chi connectivity index (χ1v) is 9.91. The Bertz CT molecular complexity index is 586. The molecule has 1 saturated heterocycles. The average Bonchev–Trinajstić information content (AvgIpc) is 2.70. The monoisotopic (exact) mass is 377 g/mol. The minimum Gasteiger partial charge on any atom is -0.496 e. The summed E-state index contributed by atoms with van der Waals surface area (Å²) < 4.78 is 16.7. The van der Waals surface area contributed by atoms with Gasteiger partial charge in [-0.15, -0.1) is 0 Å². The quantitative estimate of drug-likeness (QED) is 0.393. The van der Waals surface area contributed by atoms with Crippen molar-refractivity contribution in [2.45, 2.75) is 39.2 Å². The van der Waals surface area contributed by atoms with Gasteiger partial charge in [-0.2, -0.15) is 0 Å². The summed E-state index contributed by atoms with van der Waals surface area (Å²) in [5.41, 5.74) is 2.34. The third-order valence-electron chi connectivity index (χ3n) is 4.88. The highest BCUT2D eigenvalue weighted by molar-refractivity contribution is 5.80. The maximum absolute atomic E-state index is 5.81. The molecule has 1 aromatic rings. The van der Waals surface area contributed by atoms with Crippen molar-refractivity contribution in [3.05, 3.63) is 29.3 Å². The fraction of sp³-hybridized carbons (Fsp3) is 0.667. The topological polar surface area (TPSA) is 64.1 Å². The van der Waals surface area contributed by atoms with Crippen LogP contribution in [-0.4, -0.2) is 53.1 Å². The first-order valence-electron chi connectivity index (χ1n) is 9.91. The molecule has 0 bridgehead atoms. The molecule has 0 spiro atoms. The molecule has 152 valence electrons. The van der Waals surface area contributed by atoms with Gasteiger partial charge in [0.25, 0.3) is 0 Å². The second-order valence-electron chi connectivity index (χ2n) is 7.09. The second kappa shape index (κ2) is 11.8. The molecular weight excluding hydrogens is 342 g/mol. The third kappa shape index (κ3) is 7.39. The largest absolute Gasteiger partial charge is 0.496 e. The lowest BCUT2D eigenvalue weighted by atomic mass is 10.0. The summed E-state index contributed by atoms with van der Waals surface area (Å²) in [7, 11) is 3.49. The predicted molar refractivity (Wildman–Crippen MR) is 110 cm³/mol. The van der Waals surface area contributed by atoms with E-state index in [-0.39, 0.29) is 6.04 Å². The van der Waals surface area contributed by atoms with Crippen LogP contribution in [0.4, 0.5) is 0 Å². The van der Waals surface area contributed by atoms with E-state index in [0.29, 0.717) is 5.92 Å². The van der Waals surface area contributed by atoms with E-state index in [0.717, 1.165) is 69.5 Å². The SMILES string of the molecule is CN=C(NCCCOCC1CCOCC1)NC(C)c1cc(C)ccc1OC. The van der Waals surface area contributed by atoms with Gasteiger partial charge in [0, 0.05) is 45.6 Å². The Morgan fingerprint density at radius 1 is 1.33 bits per heavy atom. The standard InChI is InChI=1S/C21H35N3O3/c1-16-6-7-20(25-4)19(14-16)17(2)24-21(22-3)23-10-5-11-27-15-18-8-12-26-13-9-18/h6-7,14,17-18H,5,8-13,15H2,1-4H3,(H2,22,23,24). The molecule has 27 heavy (non-hydrogen) atoms. The van der Waals surface area contributed by atoms with Crippen molar-refractivity contribution >= 4 is 5.96 Å². The molecule has 1 atom stereocenters. The molecule has 6 heteroatoms. The lowest BCUT2D eigenvalue weighted by molar-refractivity contribution is 0.0203. The van der Waals surface area contributed by atoms with Gasteiger partial charge in [0.05, 0.1) is 13.2 Å². The van der Waals surface area contributed by atoms with E-state index < -0.39 is 0 Å². The van der Waals surface area contributed by atoms with Crippen molar-refractivity contribution in [3.8, 4) is 5.75 Å². The van der Waals surface area contributed by atoms with E-state index in [1.165, 1.54) is 5.56 Å². The number of methoxy groups -OCH3 is 1. The number of benzene rings is 1. The molecule has 1 heterocycles. The summed E-state index contributed by atoms with van der Waals surface area (Å²) in [4.78, 5) is 4.32. The van der Waals surface area contributed by atoms with Crippen LogP contribution < -0.4 is 15.4 Å². The molecule has 0 aromatic heterocycles. The van der Waals surface area contributed by atoms with Crippen LogP contribution in [0.25, 0.3) is 0 Å². The number of nitrogens with one attached hydrogen (secondary N) is 2. The van der Waals surface area contributed by atoms with E-state index in [9.17, 15) is 0 Å². The average molecular weight is 378 g/mol. The summed E-state index contributed by atoms with van der Waals surface area (Å²) in [6, 6.07) is 6.31. The van der Waals surface area contributed by atoms with Crippen molar-refractivity contribution in [2.24, 2.45) is 10.9 Å². The Hall–Kier alpha value is -1.79. The summed E-state index contributed by atoms with van der Waals surface area (Å²) in [5.74, 6) is 2.33. The molecule has 0 radical (unpaired) electrons. The van der Waals surface area contributed by atoms with Crippen LogP contribution in [0.5, 0.6) is 5.75 Å². The van der Waals surface area contributed by atoms with Crippen LogP contribution in [0.3, 0.4) is 0 Å². The number of hydrogen-bond donors (Lipinski definition) is 2. The Kier molecular flexibility index (Phi) is 9.42. The number of aliphatic imine (C=N–C) groups is 1. The molecule has 1 aliphatic heterocycles. The molecule has 0 saturated carbocycles. The van der Waals surface area contributed by atoms with E-state index in [2.05, 4.69) is 41.6 Å². The van der Waals surface area contributed by atoms with Gasteiger partial charge >= 0.3 is 0 Å². The minimum atomic E-state index is 0.0934. The van der Waals surface area contributed by atoms with Crippen molar-refractivity contribution in [1.82, 2.24) is 10.6 Å². The maximum atomic E-state index is 5.81. The van der Waals surface area contributed by atoms with Gasteiger partial charge in [-0.3, -0.25) is 4.99 Å². The zero-order chi connectivity index (χ0) is 19.5. The lowest BCUT2D eigenvalue weighted by Gasteiger charge is -2.22. The summed E-state index contributed by atoms with van der Waals surface area (Å²) in [6.07, 6.45) is 3.19. The predicted octanol–water partition coefficient (Wildman–Crippen LogP) is 3.06. The summed E-state index contributed by atoms with van der Waals surface area (Å²) in [6.45, 7) is 8.39. The number of ether oxygens (including phenoxy) is 3. The number of guanidine groups is 1. The fourth-order valence-corrected chi connectivity index (χ4v) is 3.21. The molecule has 1 aromatic carbocycles. The fourth-order valence-electron chi connectivity index (χ4n) is 3.21. The highest BCUT2D eigenvalue weighted by Gasteiger charge is 2.14. The first kappa shape index (κ1) is 21.5. The van der Waals surface area contributed by atoms with Crippen molar-refractivity contribution in [1.29, 1.82) is 0 Å². The molecule has 0 amide bonds. The molecule has 2 rings (SSSR count). The van der Waals surface area contributed by atoms with Crippen molar-refractivity contribution in [3.63, 3.8) is 0 Å². The smallest absolute Gasteiger partial charge is 0.191 e. The molecule has 1 unspecified atom stereocenters. The zero-order valence-electron chi connectivity index (χ0n) is 17.2. The molecule has 0 aliphatic carbocycles. The van der Waals surface area contributed by atoms with Gasteiger partial charge in [0.1, 0.15) is 5.75 Å². The lowest BCUT2D eigenvalue weighted by Crippen LogP contribution is -2.39. The van der Waals surface area contributed by atoms with E-state index >= 15 is 0 Å². The third-order valence-corrected chi connectivity index (χ3v) is 4.88. The van der Waals surface area contributed by atoms with Gasteiger partial charge in [0.15, 0.2) is 5.96 Å². The Morgan fingerprint density at radius 2 is 2.11 bits per heavy atom. The van der Waals surface area contributed by atoms with Gasteiger partial charge in [0.2, 0.25) is 0 Å². The Morgan fingerprint density at radius 3 is 2.81 bits per heavy atom. The summed E-state index contributed by atoms with van der Waals surface area (Å²) >= 11 is 0. The number of hydrogen-bond acceptors (Lipinski definition) is 4. The minimum absolute atomic E-state index is 0.0934. The molecule has 1 fully saturated rings. The zero-order valence-corrected chi connectivity index (χ0v) is 17.2. The summed E-state index contributed by atoms with van der Waals surface area (Å²) in [5, 5.41) is 6.79. The Labute approximate surface area is 163 Å². The van der Waals surface area contributed by atoms with Crippen LogP contribution in [0.15, 0.2) is 23.2 Å². The van der Waals surface area contributed by atoms with Gasteiger partial charge < -0.3 is 24.8 Å². The number of aryl methyl sites for hydroxylation is 1. The number of rotatable bonds is 9. The highest BCUT2D eigenvalue weighted by Crippen LogP contribution is 2.25. The first-order chi connectivity index (χ1) is 13.1. The van der Waals surface area contributed by atoms with Crippen molar-refractivity contribution in [2.75, 3.05) is 47.1 Å². The van der Waals surface area contributed by atoms with Crippen LogP contribution in [0.1, 0.15) is 43.4 Å². The maximum Gasteiger partial charge on any atom is 0.191 e. The molecule has 1 aliphatic rings.